The number of halogens is 3. The van der Waals surface area contributed by atoms with Crippen molar-refractivity contribution < 1.29 is 9.47 Å². The molecule has 0 bridgehead atoms. The summed E-state index contributed by atoms with van der Waals surface area (Å²) in [6.45, 7) is 1.34. The maximum Gasteiger partial charge on any atom is 0.162 e. The molecule has 0 aliphatic carbocycles. The molecular formula is C16H13Br2ClO2. The van der Waals surface area contributed by atoms with Gasteiger partial charge in [0.15, 0.2) is 11.5 Å². The van der Waals surface area contributed by atoms with E-state index < -0.39 is 0 Å². The van der Waals surface area contributed by atoms with E-state index in [4.69, 9.17) is 21.1 Å². The van der Waals surface area contributed by atoms with Gasteiger partial charge in [-0.1, -0.05) is 50.1 Å². The Morgan fingerprint density at radius 1 is 0.905 bits per heavy atom. The summed E-state index contributed by atoms with van der Waals surface area (Å²) in [5.41, 5.74) is 1.99. The number of hydrogen-bond acceptors (Lipinski definition) is 2. The quantitative estimate of drug-likeness (QED) is 0.567. The summed E-state index contributed by atoms with van der Waals surface area (Å²) in [4.78, 5) is 0. The Hall–Kier alpha value is -0.710. The van der Waals surface area contributed by atoms with Crippen molar-refractivity contribution in [3.8, 4) is 11.5 Å². The second-order valence-electron chi connectivity index (χ2n) is 4.76. The minimum atomic E-state index is -0.271. The molecule has 0 saturated carbocycles. The van der Waals surface area contributed by atoms with Gasteiger partial charge in [-0.15, -0.1) is 11.6 Å². The maximum atomic E-state index is 6.67. The zero-order valence-corrected chi connectivity index (χ0v) is 15.0. The van der Waals surface area contributed by atoms with Gasteiger partial charge in [0.05, 0.1) is 18.6 Å². The first-order valence-corrected chi connectivity index (χ1v) is 8.66. The molecule has 2 aromatic rings. The van der Waals surface area contributed by atoms with Gasteiger partial charge in [-0.25, -0.2) is 0 Å². The summed E-state index contributed by atoms with van der Waals surface area (Å²) in [6.07, 6.45) is 0.885. The number of hydrogen-bond donors (Lipinski definition) is 0. The first-order valence-electron chi connectivity index (χ1n) is 6.64. The molecule has 110 valence electrons. The summed E-state index contributed by atoms with van der Waals surface area (Å²) < 4.78 is 13.3. The van der Waals surface area contributed by atoms with Crippen LogP contribution in [0.5, 0.6) is 11.5 Å². The Morgan fingerprint density at radius 2 is 1.57 bits per heavy atom. The van der Waals surface area contributed by atoms with E-state index in [1.807, 2.05) is 36.4 Å². The molecule has 3 rings (SSSR count). The Labute approximate surface area is 145 Å². The van der Waals surface area contributed by atoms with E-state index in [-0.39, 0.29) is 5.38 Å². The van der Waals surface area contributed by atoms with Gasteiger partial charge >= 0.3 is 0 Å². The fourth-order valence-corrected chi connectivity index (χ4v) is 3.94. The molecule has 0 radical (unpaired) electrons. The van der Waals surface area contributed by atoms with Gasteiger partial charge in [-0.3, -0.25) is 0 Å². The molecule has 0 fully saturated rings. The van der Waals surface area contributed by atoms with Crippen molar-refractivity contribution in [1.29, 1.82) is 0 Å². The lowest BCUT2D eigenvalue weighted by molar-refractivity contribution is 0.297. The van der Waals surface area contributed by atoms with E-state index in [2.05, 4.69) is 31.9 Å². The van der Waals surface area contributed by atoms with Crippen molar-refractivity contribution in [2.45, 2.75) is 11.8 Å². The first-order chi connectivity index (χ1) is 10.2. The molecule has 0 N–H and O–H groups in total. The summed E-state index contributed by atoms with van der Waals surface area (Å²) in [7, 11) is 0. The minimum Gasteiger partial charge on any atom is -0.490 e. The van der Waals surface area contributed by atoms with Crippen LogP contribution < -0.4 is 9.47 Å². The Kier molecular flexibility index (Phi) is 4.77. The van der Waals surface area contributed by atoms with Gasteiger partial charge in [0, 0.05) is 15.4 Å². The van der Waals surface area contributed by atoms with Crippen molar-refractivity contribution in [2.75, 3.05) is 13.2 Å². The average Bonchev–Trinajstić information content (AvgIpc) is 2.71. The molecule has 0 amide bonds. The highest BCUT2D eigenvalue weighted by molar-refractivity contribution is 9.10. The molecular weight excluding hydrogens is 419 g/mol. The van der Waals surface area contributed by atoms with Crippen LogP contribution in [0.15, 0.2) is 45.3 Å². The average molecular weight is 433 g/mol. The van der Waals surface area contributed by atoms with Crippen molar-refractivity contribution in [3.05, 3.63) is 56.5 Å². The van der Waals surface area contributed by atoms with Crippen molar-refractivity contribution >= 4 is 43.5 Å². The van der Waals surface area contributed by atoms with Crippen LogP contribution in [0, 0.1) is 0 Å². The third-order valence-electron chi connectivity index (χ3n) is 3.32. The lowest BCUT2D eigenvalue weighted by Crippen LogP contribution is -1.99. The highest BCUT2D eigenvalue weighted by Gasteiger charge is 2.21. The van der Waals surface area contributed by atoms with Gasteiger partial charge in [-0.2, -0.15) is 0 Å². The first kappa shape index (κ1) is 15.2. The fourth-order valence-electron chi connectivity index (χ4n) is 2.24. The van der Waals surface area contributed by atoms with E-state index in [9.17, 15) is 0 Å². The van der Waals surface area contributed by atoms with E-state index in [0.717, 1.165) is 38.0 Å². The van der Waals surface area contributed by atoms with Crippen LogP contribution in [0.4, 0.5) is 0 Å². The molecule has 5 heteroatoms. The van der Waals surface area contributed by atoms with Crippen LogP contribution in [0.2, 0.25) is 0 Å². The van der Waals surface area contributed by atoms with Gasteiger partial charge in [0.25, 0.3) is 0 Å². The second-order valence-corrected chi connectivity index (χ2v) is 6.90. The summed E-state index contributed by atoms with van der Waals surface area (Å²) in [6, 6.07) is 11.8. The third-order valence-corrected chi connectivity index (χ3v) is 5.20. The summed E-state index contributed by atoms with van der Waals surface area (Å²) in [5, 5.41) is -0.271. The van der Waals surface area contributed by atoms with Crippen molar-refractivity contribution in [1.82, 2.24) is 0 Å². The number of fused-ring (bicyclic) bond motifs is 1. The van der Waals surface area contributed by atoms with Crippen LogP contribution in [-0.4, -0.2) is 13.2 Å². The second kappa shape index (κ2) is 6.59. The molecule has 1 unspecified atom stereocenters. The Morgan fingerprint density at radius 3 is 2.29 bits per heavy atom. The maximum absolute atomic E-state index is 6.67. The normalized spacial score (nSPS) is 15.4. The third kappa shape index (κ3) is 3.22. The monoisotopic (exact) mass is 430 g/mol. The molecule has 1 aliphatic heterocycles. The highest BCUT2D eigenvalue weighted by atomic mass is 79.9. The predicted molar refractivity (Wildman–Crippen MR) is 91.6 cm³/mol. The van der Waals surface area contributed by atoms with Gasteiger partial charge < -0.3 is 9.47 Å². The van der Waals surface area contributed by atoms with Crippen LogP contribution in [0.3, 0.4) is 0 Å². The van der Waals surface area contributed by atoms with Crippen LogP contribution in [0.25, 0.3) is 0 Å². The molecule has 1 heterocycles. The zero-order chi connectivity index (χ0) is 14.8. The summed E-state index contributed by atoms with van der Waals surface area (Å²) in [5.74, 6) is 1.52. The lowest BCUT2D eigenvalue weighted by Gasteiger charge is -2.17. The zero-order valence-electron chi connectivity index (χ0n) is 11.1. The molecule has 2 aromatic carbocycles. The van der Waals surface area contributed by atoms with E-state index in [0.29, 0.717) is 13.2 Å². The van der Waals surface area contributed by atoms with Gasteiger partial charge in [0.1, 0.15) is 0 Å². The lowest BCUT2D eigenvalue weighted by atomic mass is 10.0. The molecule has 1 atom stereocenters. The SMILES string of the molecule is ClC(c1ccccc1Br)c1cc2c(cc1Br)OCCCO2. The number of ether oxygens (including phenoxy) is 2. The molecule has 0 spiro atoms. The molecule has 21 heavy (non-hydrogen) atoms. The summed E-state index contributed by atoms with van der Waals surface area (Å²) >= 11 is 13.8. The largest absolute Gasteiger partial charge is 0.490 e. The smallest absolute Gasteiger partial charge is 0.162 e. The number of alkyl halides is 1. The van der Waals surface area contributed by atoms with E-state index in [1.54, 1.807) is 0 Å². The number of benzene rings is 2. The van der Waals surface area contributed by atoms with E-state index >= 15 is 0 Å². The van der Waals surface area contributed by atoms with Gasteiger partial charge in [-0.05, 0) is 29.3 Å². The van der Waals surface area contributed by atoms with Crippen LogP contribution >= 0.6 is 43.5 Å². The molecule has 2 nitrogen and oxygen atoms in total. The number of rotatable bonds is 2. The van der Waals surface area contributed by atoms with Crippen molar-refractivity contribution in [2.24, 2.45) is 0 Å². The Bertz CT molecular complexity index is 661. The van der Waals surface area contributed by atoms with E-state index in [1.165, 1.54) is 0 Å². The standard InChI is InChI=1S/C16H13Br2ClO2/c17-12-5-2-1-4-10(12)16(19)11-8-14-15(9-13(11)18)21-7-3-6-20-14/h1-2,4-5,8-9,16H,3,6-7H2. The molecule has 0 aromatic heterocycles. The Balaban J connectivity index is 2.02. The minimum absolute atomic E-state index is 0.271. The predicted octanol–water partition coefficient (Wildman–Crippen LogP) is 5.70. The highest BCUT2D eigenvalue weighted by Crippen LogP contribution is 2.42. The molecule has 0 saturated heterocycles. The topological polar surface area (TPSA) is 18.5 Å². The molecule has 1 aliphatic rings. The van der Waals surface area contributed by atoms with Gasteiger partial charge in [0.2, 0.25) is 0 Å². The van der Waals surface area contributed by atoms with Crippen LogP contribution in [0.1, 0.15) is 22.9 Å². The van der Waals surface area contributed by atoms with Crippen molar-refractivity contribution in [3.63, 3.8) is 0 Å². The fraction of sp³-hybridized carbons (Fsp3) is 0.250. The van der Waals surface area contributed by atoms with Crippen LogP contribution in [-0.2, 0) is 0 Å².